The molecule has 24 heavy (non-hydrogen) atoms. The van der Waals surface area contributed by atoms with Crippen molar-refractivity contribution in [1.82, 2.24) is 9.55 Å². The van der Waals surface area contributed by atoms with Crippen molar-refractivity contribution < 1.29 is 8.78 Å². The lowest BCUT2D eigenvalue weighted by Gasteiger charge is -2.20. The molecular weight excluding hydrogens is 308 g/mol. The van der Waals surface area contributed by atoms with Gasteiger partial charge in [-0.3, -0.25) is 0 Å². The highest BCUT2D eigenvalue weighted by Gasteiger charge is 2.24. The van der Waals surface area contributed by atoms with Gasteiger partial charge in [0.05, 0.1) is 11.0 Å². The molecule has 0 aliphatic heterocycles. The van der Waals surface area contributed by atoms with E-state index in [1.807, 2.05) is 49.6 Å². The molecule has 0 bridgehead atoms. The van der Waals surface area contributed by atoms with Crippen LogP contribution in [0.3, 0.4) is 0 Å². The smallest absolute Gasteiger partial charge is 0.161 e. The summed E-state index contributed by atoms with van der Waals surface area (Å²) in [6.07, 6.45) is 0. The van der Waals surface area contributed by atoms with Crippen LogP contribution in [0.25, 0.3) is 11.0 Å². The molecule has 3 rings (SSSR count). The minimum Gasteiger partial charge on any atom is -0.326 e. The zero-order valence-electron chi connectivity index (χ0n) is 14.1. The second-order valence-electron chi connectivity index (χ2n) is 7.05. The monoisotopic (exact) mass is 329 g/mol. The molecule has 0 aliphatic rings. The fraction of sp³-hybridized carbons (Fsp3) is 0.316. The highest BCUT2D eigenvalue weighted by Crippen LogP contribution is 2.28. The predicted octanol–water partition coefficient (Wildman–Crippen LogP) is 4.12. The Morgan fingerprint density at radius 2 is 1.58 bits per heavy atom. The van der Waals surface area contributed by atoms with Gasteiger partial charge < -0.3 is 10.3 Å². The largest absolute Gasteiger partial charge is 0.326 e. The van der Waals surface area contributed by atoms with Gasteiger partial charge >= 0.3 is 0 Å². The standard InChI is InChI=1S/C19H21F2N3/c1-19(2,3)18-23-16-8-14(20)15(21)9-17(16)24(18)11-13-6-4-12(10-22)5-7-13/h4-9H,10-11,22H2,1-3H3. The number of halogens is 2. The molecule has 1 heterocycles. The van der Waals surface area contributed by atoms with Crippen LogP contribution in [0.5, 0.6) is 0 Å². The molecule has 0 unspecified atom stereocenters. The fourth-order valence-corrected chi connectivity index (χ4v) is 2.82. The Labute approximate surface area is 140 Å². The molecule has 3 nitrogen and oxygen atoms in total. The van der Waals surface area contributed by atoms with Crippen LogP contribution in [0.15, 0.2) is 36.4 Å². The van der Waals surface area contributed by atoms with Gasteiger partial charge in [-0.2, -0.15) is 0 Å². The van der Waals surface area contributed by atoms with E-state index in [2.05, 4.69) is 4.98 Å². The van der Waals surface area contributed by atoms with E-state index < -0.39 is 11.6 Å². The average Bonchev–Trinajstić information content (AvgIpc) is 2.87. The Kier molecular flexibility index (Phi) is 4.13. The van der Waals surface area contributed by atoms with Crippen LogP contribution < -0.4 is 5.73 Å². The summed E-state index contributed by atoms with van der Waals surface area (Å²) in [5.74, 6) is -0.937. The number of aromatic nitrogens is 2. The second kappa shape index (κ2) is 5.98. The van der Waals surface area contributed by atoms with Gasteiger partial charge in [-0.05, 0) is 11.1 Å². The summed E-state index contributed by atoms with van der Waals surface area (Å²) < 4.78 is 29.3. The first-order chi connectivity index (χ1) is 11.3. The molecule has 5 heteroatoms. The Balaban J connectivity index is 2.14. The van der Waals surface area contributed by atoms with E-state index in [1.54, 1.807) is 0 Å². The summed E-state index contributed by atoms with van der Waals surface area (Å²) in [7, 11) is 0. The number of nitrogens with zero attached hydrogens (tertiary/aromatic N) is 2. The van der Waals surface area contributed by atoms with Crippen molar-refractivity contribution in [3.8, 4) is 0 Å². The first-order valence-corrected chi connectivity index (χ1v) is 7.93. The quantitative estimate of drug-likeness (QED) is 0.785. The van der Waals surface area contributed by atoms with E-state index in [-0.39, 0.29) is 5.41 Å². The average molecular weight is 329 g/mol. The van der Waals surface area contributed by atoms with E-state index in [4.69, 9.17) is 5.73 Å². The minimum absolute atomic E-state index is 0.247. The van der Waals surface area contributed by atoms with Crippen LogP contribution in [0.2, 0.25) is 0 Å². The maximum atomic E-state index is 13.7. The number of nitrogens with two attached hydrogens (primary N) is 1. The van der Waals surface area contributed by atoms with E-state index in [0.717, 1.165) is 23.0 Å². The van der Waals surface area contributed by atoms with Gasteiger partial charge in [0.15, 0.2) is 11.6 Å². The summed E-state index contributed by atoms with van der Waals surface area (Å²) in [6, 6.07) is 10.3. The predicted molar refractivity (Wildman–Crippen MR) is 91.8 cm³/mol. The molecule has 0 radical (unpaired) electrons. The number of benzene rings is 2. The molecule has 0 saturated heterocycles. The SMILES string of the molecule is CC(C)(C)c1nc2cc(F)c(F)cc2n1Cc1ccc(CN)cc1. The maximum absolute atomic E-state index is 13.7. The highest BCUT2D eigenvalue weighted by molar-refractivity contribution is 5.76. The van der Waals surface area contributed by atoms with Gasteiger partial charge in [-0.25, -0.2) is 13.8 Å². The van der Waals surface area contributed by atoms with Crippen molar-refractivity contribution in [3.05, 3.63) is 65.0 Å². The van der Waals surface area contributed by atoms with Gasteiger partial charge in [-0.1, -0.05) is 45.0 Å². The topological polar surface area (TPSA) is 43.8 Å². The van der Waals surface area contributed by atoms with Gasteiger partial charge in [0.1, 0.15) is 5.82 Å². The molecule has 0 fully saturated rings. The van der Waals surface area contributed by atoms with Crippen LogP contribution in [-0.2, 0) is 18.5 Å². The van der Waals surface area contributed by atoms with Crippen LogP contribution in [0.1, 0.15) is 37.7 Å². The van der Waals surface area contributed by atoms with Crippen molar-refractivity contribution in [1.29, 1.82) is 0 Å². The molecule has 2 aromatic carbocycles. The zero-order chi connectivity index (χ0) is 17.5. The summed E-state index contributed by atoms with van der Waals surface area (Å²) in [5, 5.41) is 0. The number of imidazole rings is 1. The zero-order valence-corrected chi connectivity index (χ0v) is 14.1. The second-order valence-corrected chi connectivity index (χ2v) is 7.05. The third-order valence-electron chi connectivity index (χ3n) is 4.06. The molecule has 0 saturated carbocycles. The third kappa shape index (κ3) is 3.04. The minimum atomic E-state index is -0.875. The number of hydrogen-bond donors (Lipinski definition) is 1. The third-order valence-corrected chi connectivity index (χ3v) is 4.06. The number of rotatable bonds is 3. The molecule has 0 atom stereocenters. The first-order valence-electron chi connectivity index (χ1n) is 7.93. The van der Waals surface area contributed by atoms with E-state index in [9.17, 15) is 8.78 Å². The molecule has 0 aliphatic carbocycles. The highest BCUT2D eigenvalue weighted by atomic mass is 19.2. The van der Waals surface area contributed by atoms with Crippen molar-refractivity contribution in [2.24, 2.45) is 5.73 Å². The molecule has 3 aromatic rings. The molecule has 2 N–H and O–H groups in total. The Morgan fingerprint density at radius 3 is 2.17 bits per heavy atom. The molecule has 0 spiro atoms. The van der Waals surface area contributed by atoms with Gasteiger partial charge in [-0.15, -0.1) is 0 Å². The fourth-order valence-electron chi connectivity index (χ4n) is 2.82. The summed E-state index contributed by atoms with van der Waals surface area (Å²) in [6.45, 7) is 7.14. The van der Waals surface area contributed by atoms with Crippen molar-refractivity contribution in [3.63, 3.8) is 0 Å². The van der Waals surface area contributed by atoms with Crippen molar-refractivity contribution >= 4 is 11.0 Å². The summed E-state index contributed by atoms with van der Waals surface area (Å²) in [4.78, 5) is 4.55. The van der Waals surface area contributed by atoms with Gasteiger partial charge in [0, 0.05) is 30.6 Å². The van der Waals surface area contributed by atoms with Crippen LogP contribution >= 0.6 is 0 Å². The van der Waals surface area contributed by atoms with Gasteiger partial charge in [0.2, 0.25) is 0 Å². The van der Waals surface area contributed by atoms with Gasteiger partial charge in [0.25, 0.3) is 0 Å². The Bertz CT molecular complexity index is 874. The van der Waals surface area contributed by atoms with Crippen LogP contribution in [0, 0.1) is 11.6 Å². The van der Waals surface area contributed by atoms with E-state index in [1.165, 1.54) is 6.07 Å². The van der Waals surface area contributed by atoms with E-state index in [0.29, 0.717) is 24.1 Å². The molecular formula is C19H21F2N3. The first kappa shape index (κ1) is 16.6. The lowest BCUT2D eigenvalue weighted by molar-refractivity contribution is 0.509. The van der Waals surface area contributed by atoms with Crippen LogP contribution in [-0.4, -0.2) is 9.55 Å². The maximum Gasteiger partial charge on any atom is 0.161 e. The number of hydrogen-bond acceptors (Lipinski definition) is 2. The van der Waals surface area contributed by atoms with Crippen LogP contribution in [0.4, 0.5) is 8.78 Å². The Hall–Kier alpha value is -2.27. The van der Waals surface area contributed by atoms with E-state index >= 15 is 0 Å². The number of fused-ring (bicyclic) bond motifs is 1. The summed E-state index contributed by atoms with van der Waals surface area (Å²) >= 11 is 0. The van der Waals surface area contributed by atoms with Crippen molar-refractivity contribution in [2.45, 2.75) is 39.3 Å². The summed E-state index contributed by atoms with van der Waals surface area (Å²) in [5.41, 5.74) is 8.56. The normalized spacial score (nSPS) is 12.1. The molecule has 126 valence electrons. The lowest BCUT2D eigenvalue weighted by Crippen LogP contribution is -2.19. The molecule has 0 amide bonds. The Morgan fingerprint density at radius 1 is 1.00 bits per heavy atom. The lowest BCUT2D eigenvalue weighted by atomic mass is 9.95. The van der Waals surface area contributed by atoms with Crippen molar-refractivity contribution in [2.75, 3.05) is 0 Å². The molecule has 1 aromatic heterocycles.